The number of hydrogen-bond acceptors (Lipinski definition) is 0. The van der Waals surface area contributed by atoms with Crippen LogP contribution in [0.1, 0.15) is 65.1 Å². The molecule has 0 aliphatic carbocycles. The zero-order valence-corrected chi connectivity index (χ0v) is 20.9. The smallest absolute Gasteiger partial charge is 0.130 e. The summed E-state index contributed by atoms with van der Waals surface area (Å²) in [5, 5.41) is 0. The maximum atomic E-state index is 14.7. The van der Waals surface area contributed by atoms with E-state index in [4.69, 9.17) is 0 Å². The molecule has 0 aliphatic heterocycles. The second-order valence-corrected chi connectivity index (χ2v) is 9.51. The number of hydrogen-bond donors (Lipinski definition) is 0. The molecule has 0 unspecified atom stereocenters. The largest absolute Gasteiger partial charge is 0.206 e. The van der Waals surface area contributed by atoms with Gasteiger partial charge in [-0.05, 0) is 71.0 Å². The van der Waals surface area contributed by atoms with E-state index in [0.717, 1.165) is 43.2 Å². The number of aryl methyl sites for hydroxylation is 3. The molecule has 0 amide bonds. The van der Waals surface area contributed by atoms with Gasteiger partial charge in [0.15, 0.2) is 0 Å². The van der Waals surface area contributed by atoms with Gasteiger partial charge in [-0.3, -0.25) is 0 Å². The average Bonchev–Trinajstić information content (AvgIpc) is 2.89. The van der Waals surface area contributed by atoms with Gasteiger partial charge in [0.2, 0.25) is 0 Å². The molecule has 0 heterocycles. The van der Waals surface area contributed by atoms with Gasteiger partial charge in [0.05, 0.1) is 0 Å². The van der Waals surface area contributed by atoms with Crippen molar-refractivity contribution >= 4 is 12.2 Å². The first kappa shape index (κ1) is 24.7. The SMILES string of the molecule is CCCc1ccc(C=Cc2ccc(CCc3ccc(C[C@@H](C)c4ccccc4)cc3)cc2F)cc1. The fourth-order valence-electron chi connectivity index (χ4n) is 4.52. The molecule has 0 aliphatic rings. The summed E-state index contributed by atoms with van der Waals surface area (Å²) in [6.45, 7) is 4.46. The van der Waals surface area contributed by atoms with Crippen molar-refractivity contribution in [2.75, 3.05) is 0 Å². The summed E-state index contributed by atoms with van der Waals surface area (Å²) in [6, 6.07) is 33.7. The van der Waals surface area contributed by atoms with Gasteiger partial charge in [-0.15, -0.1) is 0 Å². The molecule has 4 rings (SSSR count). The van der Waals surface area contributed by atoms with Crippen molar-refractivity contribution < 1.29 is 4.39 Å². The molecular weight excluding hydrogens is 427 g/mol. The van der Waals surface area contributed by atoms with Crippen LogP contribution in [0.15, 0.2) is 97.1 Å². The van der Waals surface area contributed by atoms with Crippen LogP contribution in [-0.2, 0) is 25.7 Å². The van der Waals surface area contributed by atoms with E-state index in [1.807, 2.05) is 24.3 Å². The topological polar surface area (TPSA) is 0 Å². The predicted molar refractivity (Wildman–Crippen MR) is 148 cm³/mol. The molecule has 0 aromatic heterocycles. The lowest BCUT2D eigenvalue weighted by Crippen LogP contribution is -1.99. The molecule has 0 saturated carbocycles. The minimum absolute atomic E-state index is 0.161. The predicted octanol–water partition coefficient (Wildman–Crippen LogP) is 9.08. The first-order chi connectivity index (χ1) is 17.1. The van der Waals surface area contributed by atoms with E-state index >= 15 is 0 Å². The number of benzene rings is 4. The lowest BCUT2D eigenvalue weighted by Gasteiger charge is -2.12. The van der Waals surface area contributed by atoms with Crippen molar-refractivity contribution in [3.8, 4) is 0 Å². The highest BCUT2D eigenvalue weighted by Crippen LogP contribution is 2.21. The summed E-state index contributed by atoms with van der Waals surface area (Å²) < 4.78 is 14.7. The van der Waals surface area contributed by atoms with Gasteiger partial charge in [0, 0.05) is 5.56 Å². The van der Waals surface area contributed by atoms with Gasteiger partial charge in [-0.1, -0.05) is 123 Å². The Balaban J connectivity index is 1.30. The maximum Gasteiger partial charge on any atom is 0.130 e. The highest BCUT2D eigenvalue weighted by Gasteiger charge is 2.07. The quantitative estimate of drug-likeness (QED) is 0.206. The molecule has 35 heavy (non-hydrogen) atoms. The fraction of sp³-hybridized carbons (Fsp3) is 0.235. The number of halogens is 1. The first-order valence-corrected chi connectivity index (χ1v) is 12.8. The Hall–Kier alpha value is -3.45. The summed E-state index contributed by atoms with van der Waals surface area (Å²) >= 11 is 0. The van der Waals surface area contributed by atoms with E-state index in [9.17, 15) is 4.39 Å². The van der Waals surface area contributed by atoms with Gasteiger partial charge >= 0.3 is 0 Å². The van der Waals surface area contributed by atoms with E-state index in [-0.39, 0.29) is 5.82 Å². The maximum absolute atomic E-state index is 14.7. The molecule has 4 aromatic carbocycles. The molecule has 4 aromatic rings. The third-order valence-corrected chi connectivity index (χ3v) is 6.67. The van der Waals surface area contributed by atoms with E-state index in [1.165, 1.54) is 22.3 Å². The highest BCUT2D eigenvalue weighted by molar-refractivity contribution is 5.70. The molecular formula is C34H35F. The van der Waals surface area contributed by atoms with Crippen molar-refractivity contribution in [1.82, 2.24) is 0 Å². The van der Waals surface area contributed by atoms with Crippen molar-refractivity contribution in [3.05, 3.63) is 142 Å². The van der Waals surface area contributed by atoms with Crippen LogP contribution in [0.2, 0.25) is 0 Å². The molecule has 0 fully saturated rings. The summed E-state index contributed by atoms with van der Waals surface area (Å²) in [5.74, 6) is 0.338. The van der Waals surface area contributed by atoms with Gasteiger partial charge in [0.25, 0.3) is 0 Å². The van der Waals surface area contributed by atoms with E-state index in [1.54, 1.807) is 6.07 Å². The molecule has 0 radical (unpaired) electrons. The Morgan fingerprint density at radius 3 is 1.94 bits per heavy atom. The van der Waals surface area contributed by atoms with Crippen LogP contribution < -0.4 is 0 Å². The third kappa shape index (κ3) is 7.26. The molecule has 0 nitrogen and oxygen atoms in total. The zero-order valence-electron chi connectivity index (χ0n) is 20.9. The monoisotopic (exact) mass is 462 g/mol. The molecule has 0 spiro atoms. The second kappa shape index (κ2) is 12.3. The minimum atomic E-state index is -0.161. The minimum Gasteiger partial charge on any atom is -0.206 e. The highest BCUT2D eigenvalue weighted by atomic mass is 19.1. The summed E-state index contributed by atoms with van der Waals surface area (Å²) in [7, 11) is 0. The Labute approximate surface area is 210 Å². The molecule has 0 bridgehead atoms. The van der Waals surface area contributed by atoms with Gasteiger partial charge in [-0.25, -0.2) is 4.39 Å². The van der Waals surface area contributed by atoms with E-state index < -0.39 is 0 Å². The molecule has 1 heteroatoms. The van der Waals surface area contributed by atoms with Crippen LogP contribution in [0.3, 0.4) is 0 Å². The van der Waals surface area contributed by atoms with Crippen LogP contribution >= 0.6 is 0 Å². The Kier molecular flexibility index (Phi) is 8.68. The van der Waals surface area contributed by atoms with Gasteiger partial charge in [-0.2, -0.15) is 0 Å². The molecule has 0 saturated heterocycles. The average molecular weight is 463 g/mol. The zero-order chi connectivity index (χ0) is 24.5. The van der Waals surface area contributed by atoms with E-state index in [0.29, 0.717) is 11.5 Å². The first-order valence-electron chi connectivity index (χ1n) is 12.8. The Morgan fingerprint density at radius 2 is 1.26 bits per heavy atom. The lowest BCUT2D eigenvalue weighted by molar-refractivity contribution is 0.622. The number of rotatable bonds is 10. The third-order valence-electron chi connectivity index (χ3n) is 6.67. The molecule has 0 N–H and O–H groups in total. The summed E-state index contributed by atoms with van der Waals surface area (Å²) in [5.41, 5.74) is 8.12. The van der Waals surface area contributed by atoms with Crippen LogP contribution in [0, 0.1) is 5.82 Å². The summed E-state index contributed by atoms with van der Waals surface area (Å²) in [6.07, 6.45) is 8.86. The summed E-state index contributed by atoms with van der Waals surface area (Å²) in [4.78, 5) is 0. The standard InChI is InChI=1S/C34H35F/c1-3-7-27-10-12-29(13-11-27)20-22-33-23-21-31(25-34(33)35)19-16-28-14-17-30(18-15-28)24-26(2)32-8-5-4-6-9-32/h4-6,8-15,17-18,20-23,25-26H,3,7,16,19,24H2,1-2H3/t26-/m1/s1. The van der Waals surface area contributed by atoms with Crippen molar-refractivity contribution in [2.24, 2.45) is 0 Å². The second-order valence-electron chi connectivity index (χ2n) is 9.51. The normalized spacial score (nSPS) is 12.2. The van der Waals surface area contributed by atoms with Crippen LogP contribution in [-0.4, -0.2) is 0 Å². The van der Waals surface area contributed by atoms with E-state index in [2.05, 4.69) is 92.7 Å². The van der Waals surface area contributed by atoms with Crippen molar-refractivity contribution in [2.45, 2.75) is 51.9 Å². The van der Waals surface area contributed by atoms with Crippen LogP contribution in [0.5, 0.6) is 0 Å². The van der Waals surface area contributed by atoms with Gasteiger partial charge in [0.1, 0.15) is 5.82 Å². The van der Waals surface area contributed by atoms with Crippen LogP contribution in [0.4, 0.5) is 4.39 Å². The van der Waals surface area contributed by atoms with Crippen molar-refractivity contribution in [3.63, 3.8) is 0 Å². The van der Waals surface area contributed by atoms with Crippen molar-refractivity contribution in [1.29, 1.82) is 0 Å². The van der Waals surface area contributed by atoms with Crippen LogP contribution in [0.25, 0.3) is 12.2 Å². The lowest BCUT2D eigenvalue weighted by atomic mass is 9.93. The fourth-order valence-corrected chi connectivity index (χ4v) is 4.52. The molecule has 1 atom stereocenters. The Morgan fingerprint density at radius 1 is 0.657 bits per heavy atom. The molecule has 178 valence electrons. The van der Waals surface area contributed by atoms with Gasteiger partial charge < -0.3 is 0 Å². The Bertz CT molecular complexity index is 1220.